The zero-order valence-electron chi connectivity index (χ0n) is 7.84. The molecule has 1 unspecified atom stereocenters. The van der Waals surface area contributed by atoms with E-state index in [9.17, 15) is 4.79 Å². The van der Waals surface area contributed by atoms with Crippen molar-refractivity contribution in [3.05, 3.63) is 18.0 Å². The van der Waals surface area contributed by atoms with Gasteiger partial charge in [0.1, 0.15) is 6.04 Å². The first-order valence-corrected chi connectivity index (χ1v) is 4.46. The third kappa shape index (κ3) is 1.41. The lowest BCUT2D eigenvalue weighted by Gasteiger charge is -2.37. The lowest BCUT2D eigenvalue weighted by Crippen LogP contribution is -2.53. The number of hydrogen-bond donors (Lipinski definition) is 1. The van der Waals surface area contributed by atoms with Gasteiger partial charge in [0.2, 0.25) is 5.95 Å². The molecule has 1 N–H and O–H groups in total. The molecule has 0 saturated carbocycles. The summed E-state index contributed by atoms with van der Waals surface area (Å²) in [5.41, 5.74) is 0.973. The van der Waals surface area contributed by atoms with Gasteiger partial charge in [0, 0.05) is 18.9 Å². The molecule has 0 aromatic carbocycles. The maximum absolute atomic E-state index is 10.7. The van der Waals surface area contributed by atoms with Crippen LogP contribution in [0.2, 0.25) is 0 Å². The predicted octanol–water partition coefficient (Wildman–Crippen LogP) is 0.448. The fourth-order valence-corrected chi connectivity index (χ4v) is 1.42. The Hall–Kier alpha value is -1.65. The average Bonchev–Trinajstić information content (AvgIpc) is 2.05. The summed E-state index contributed by atoms with van der Waals surface area (Å²) in [7, 11) is 0. The Labute approximate surface area is 81.4 Å². The van der Waals surface area contributed by atoms with E-state index in [1.165, 1.54) is 0 Å². The van der Waals surface area contributed by atoms with E-state index >= 15 is 0 Å². The molecule has 1 aliphatic rings. The number of carboxylic acid groups (broad SMARTS) is 1. The average molecular weight is 193 g/mol. The first kappa shape index (κ1) is 8.93. The van der Waals surface area contributed by atoms with Gasteiger partial charge in [-0.3, -0.25) is 0 Å². The molecule has 0 radical (unpaired) electrons. The van der Waals surface area contributed by atoms with Gasteiger partial charge in [0.15, 0.2) is 0 Å². The summed E-state index contributed by atoms with van der Waals surface area (Å²) in [6.45, 7) is 2.62. The lowest BCUT2D eigenvalue weighted by atomic mass is 10.0. The maximum atomic E-state index is 10.7. The molecule has 1 aromatic heterocycles. The molecular formula is C9H11N3O2. The fraction of sp³-hybridized carbons (Fsp3) is 0.444. The van der Waals surface area contributed by atoms with Gasteiger partial charge >= 0.3 is 5.97 Å². The topological polar surface area (TPSA) is 66.3 Å². The Kier molecular flexibility index (Phi) is 2.07. The van der Waals surface area contributed by atoms with Gasteiger partial charge in [-0.15, -0.1) is 0 Å². The van der Waals surface area contributed by atoms with Crippen molar-refractivity contribution in [3.63, 3.8) is 0 Å². The number of nitrogens with zero attached hydrogens (tertiary/aromatic N) is 3. The Morgan fingerprint density at radius 2 is 2.21 bits per heavy atom. The minimum atomic E-state index is -0.805. The van der Waals surface area contributed by atoms with Crippen LogP contribution in [-0.2, 0) is 4.79 Å². The molecule has 2 rings (SSSR count). The molecule has 0 amide bonds. The first-order valence-electron chi connectivity index (χ1n) is 4.46. The normalized spacial score (nSPS) is 20.4. The van der Waals surface area contributed by atoms with E-state index in [0.717, 1.165) is 12.1 Å². The van der Waals surface area contributed by atoms with E-state index in [1.807, 2.05) is 6.92 Å². The van der Waals surface area contributed by atoms with Gasteiger partial charge in [-0.2, -0.15) is 0 Å². The number of hydrogen-bond acceptors (Lipinski definition) is 4. The van der Waals surface area contributed by atoms with E-state index < -0.39 is 12.0 Å². The molecule has 1 atom stereocenters. The molecule has 0 spiro atoms. The van der Waals surface area contributed by atoms with Crippen molar-refractivity contribution in [1.82, 2.24) is 9.97 Å². The van der Waals surface area contributed by atoms with Crippen LogP contribution in [0.5, 0.6) is 0 Å². The van der Waals surface area contributed by atoms with Crippen molar-refractivity contribution in [2.45, 2.75) is 19.4 Å². The smallest absolute Gasteiger partial charge is 0.326 e. The summed E-state index contributed by atoms with van der Waals surface area (Å²) in [5.74, 6) is -0.297. The fourth-order valence-electron chi connectivity index (χ4n) is 1.42. The summed E-state index contributed by atoms with van der Waals surface area (Å²) >= 11 is 0. The number of rotatable bonds is 2. The van der Waals surface area contributed by atoms with Gasteiger partial charge in [0.05, 0.1) is 0 Å². The lowest BCUT2D eigenvalue weighted by molar-refractivity contribution is -0.140. The minimum Gasteiger partial charge on any atom is -0.480 e. The van der Waals surface area contributed by atoms with E-state index in [1.54, 1.807) is 17.3 Å². The Morgan fingerprint density at radius 1 is 1.57 bits per heavy atom. The third-order valence-electron chi connectivity index (χ3n) is 2.33. The molecule has 2 heterocycles. The number of carboxylic acids is 1. The molecule has 5 heteroatoms. The SMILES string of the molecule is Cc1cnc(N2CCC2C(=O)O)nc1. The van der Waals surface area contributed by atoms with Crippen LogP contribution in [-0.4, -0.2) is 33.6 Å². The van der Waals surface area contributed by atoms with Crippen molar-refractivity contribution in [3.8, 4) is 0 Å². The number of aliphatic carboxylic acids is 1. The van der Waals surface area contributed by atoms with Crippen LogP contribution in [0.15, 0.2) is 12.4 Å². The molecule has 5 nitrogen and oxygen atoms in total. The standard InChI is InChI=1S/C9H11N3O2/c1-6-4-10-9(11-5-6)12-3-2-7(12)8(13)14/h4-5,7H,2-3H2,1H3,(H,13,14). The molecule has 14 heavy (non-hydrogen) atoms. The van der Waals surface area contributed by atoms with Crippen LogP contribution in [0.3, 0.4) is 0 Å². The molecule has 1 saturated heterocycles. The summed E-state index contributed by atoms with van der Waals surface area (Å²) in [6.07, 6.45) is 4.06. The van der Waals surface area contributed by atoms with Crippen molar-refractivity contribution in [1.29, 1.82) is 0 Å². The largest absolute Gasteiger partial charge is 0.480 e. The highest BCUT2D eigenvalue weighted by Gasteiger charge is 2.35. The first-order chi connectivity index (χ1) is 6.68. The maximum Gasteiger partial charge on any atom is 0.326 e. The van der Waals surface area contributed by atoms with E-state index in [-0.39, 0.29) is 0 Å². The highest BCUT2D eigenvalue weighted by atomic mass is 16.4. The molecular weight excluding hydrogens is 182 g/mol. The quantitative estimate of drug-likeness (QED) is 0.738. The predicted molar refractivity (Wildman–Crippen MR) is 50.2 cm³/mol. The summed E-state index contributed by atoms with van der Waals surface area (Å²) < 4.78 is 0. The van der Waals surface area contributed by atoms with Crippen LogP contribution in [0, 0.1) is 6.92 Å². The number of aromatic nitrogens is 2. The van der Waals surface area contributed by atoms with Gasteiger partial charge < -0.3 is 10.0 Å². The Balaban J connectivity index is 2.16. The molecule has 0 aliphatic carbocycles. The van der Waals surface area contributed by atoms with Crippen LogP contribution >= 0.6 is 0 Å². The number of carbonyl (C=O) groups is 1. The molecule has 1 aliphatic heterocycles. The van der Waals surface area contributed by atoms with Crippen LogP contribution in [0.25, 0.3) is 0 Å². The number of anilines is 1. The third-order valence-corrected chi connectivity index (χ3v) is 2.33. The van der Waals surface area contributed by atoms with Crippen molar-refractivity contribution < 1.29 is 9.90 Å². The van der Waals surface area contributed by atoms with Crippen molar-refractivity contribution in [2.24, 2.45) is 0 Å². The summed E-state index contributed by atoms with van der Waals surface area (Å²) in [4.78, 5) is 20.6. The molecule has 74 valence electrons. The van der Waals surface area contributed by atoms with Crippen LogP contribution in [0.4, 0.5) is 5.95 Å². The minimum absolute atomic E-state index is 0.447. The summed E-state index contributed by atoms with van der Waals surface area (Å²) in [6, 6.07) is -0.447. The monoisotopic (exact) mass is 193 g/mol. The summed E-state index contributed by atoms with van der Waals surface area (Å²) in [5, 5.41) is 8.82. The highest BCUT2D eigenvalue weighted by molar-refractivity contribution is 5.79. The van der Waals surface area contributed by atoms with E-state index in [0.29, 0.717) is 12.4 Å². The van der Waals surface area contributed by atoms with Crippen LogP contribution < -0.4 is 4.90 Å². The molecule has 0 bridgehead atoms. The highest BCUT2D eigenvalue weighted by Crippen LogP contribution is 2.22. The van der Waals surface area contributed by atoms with Gasteiger partial charge in [-0.25, -0.2) is 14.8 Å². The van der Waals surface area contributed by atoms with Gasteiger partial charge in [-0.1, -0.05) is 0 Å². The zero-order chi connectivity index (χ0) is 10.1. The second-order valence-corrected chi connectivity index (χ2v) is 3.40. The molecule has 1 fully saturated rings. The van der Waals surface area contributed by atoms with Crippen molar-refractivity contribution in [2.75, 3.05) is 11.4 Å². The Morgan fingerprint density at radius 3 is 2.64 bits per heavy atom. The Bertz CT molecular complexity index is 350. The van der Waals surface area contributed by atoms with Gasteiger partial charge in [0.25, 0.3) is 0 Å². The zero-order valence-corrected chi connectivity index (χ0v) is 7.84. The van der Waals surface area contributed by atoms with Crippen LogP contribution in [0.1, 0.15) is 12.0 Å². The molecule has 1 aromatic rings. The van der Waals surface area contributed by atoms with E-state index in [4.69, 9.17) is 5.11 Å². The van der Waals surface area contributed by atoms with Crippen molar-refractivity contribution >= 4 is 11.9 Å². The van der Waals surface area contributed by atoms with Gasteiger partial charge in [-0.05, 0) is 18.9 Å². The van der Waals surface area contributed by atoms with E-state index in [2.05, 4.69) is 9.97 Å². The number of aryl methyl sites for hydroxylation is 1. The second kappa shape index (κ2) is 3.25. The second-order valence-electron chi connectivity index (χ2n) is 3.40.